The predicted octanol–water partition coefficient (Wildman–Crippen LogP) is 6.61. The number of hydrogen-bond donors (Lipinski definition) is 0. The van der Waals surface area contributed by atoms with E-state index in [0.717, 1.165) is 57.2 Å². The number of likely N-dealkylation sites (tertiary alicyclic amines) is 2. The molecule has 3 aliphatic rings. The zero-order valence-corrected chi connectivity index (χ0v) is 23.4. The van der Waals surface area contributed by atoms with Crippen LogP contribution in [-0.2, 0) is 10.9 Å². The molecule has 2 aromatic carbocycles. The molecule has 5 nitrogen and oxygen atoms in total. The van der Waals surface area contributed by atoms with Gasteiger partial charge in [-0.25, -0.2) is 4.79 Å². The first-order chi connectivity index (χ1) is 18.5. The zero-order chi connectivity index (χ0) is 27.9. The fourth-order valence-corrected chi connectivity index (χ4v) is 6.96. The lowest BCUT2D eigenvalue weighted by molar-refractivity contribution is -0.137. The number of carbonyl (C=O) groups excluding carboxylic acids is 1. The van der Waals surface area contributed by atoms with E-state index in [4.69, 9.17) is 4.74 Å². The second-order valence-electron chi connectivity index (χ2n) is 11.7. The maximum absolute atomic E-state index is 14.1. The van der Waals surface area contributed by atoms with Crippen LogP contribution < -0.4 is 0 Å². The number of halogens is 3. The van der Waals surface area contributed by atoms with E-state index >= 15 is 0 Å². The number of alkyl halides is 3. The maximum atomic E-state index is 14.1. The van der Waals surface area contributed by atoms with Crippen molar-refractivity contribution < 1.29 is 22.7 Å². The molecule has 0 bridgehead atoms. The van der Waals surface area contributed by atoms with Crippen LogP contribution in [0.25, 0.3) is 0 Å². The molecule has 0 radical (unpaired) electrons. The Balaban J connectivity index is 1.43. The highest BCUT2D eigenvalue weighted by molar-refractivity contribution is 5.75. The van der Waals surface area contributed by atoms with Crippen molar-refractivity contribution in [1.29, 1.82) is 0 Å². The number of fused-ring (bicyclic) bond motifs is 1. The number of ether oxygens (including phenoxy) is 1. The summed E-state index contributed by atoms with van der Waals surface area (Å²) < 4.78 is 46.2. The Kier molecular flexibility index (Phi) is 7.98. The van der Waals surface area contributed by atoms with Gasteiger partial charge in [-0.1, -0.05) is 35.9 Å². The van der Waals surface area contributed by atoms with Crippen molar-refractivity contribution in [3.8, 4) is 0 Å². The molecule has 3 saturated heterocycles. The van der Waals surface area contributed by atoms with Gasteiger partial charge in [-0.05, 0) is 74.8 Å². The van der Waals surface area contributed by atoms with Crippen molar-refractivity contribution in [3.63, 3.8) is 0 Å². The molecule has 0 N–H and O–H groups in total. The number of carbonyl (C=O) groups is 1. The molecular formula is C31H40F3N3O2. The molecular weight excluding hydrogens is 503 g/mol. The molecule has 0 saturated carbocycles. The molecule has 3 fully saturated rings. The van der Waals surface area contributed by atoms with Crippen LogP contribution in [0.2, 0.25) is 0 Å². The van der Waals surface area contributed by atoms with E-state index in [0.29, 0.717) is 35.5 Å². The highest BCUT2D eigenvalue weighted by Crippen LogP contribution is 2.46. The third-order valence-corrected chi connectivity index (χ3v) is 9.25. The van der Waals surface area contributed by atoms with Crippen LogP contribution in [0.1, 0.15) is 66.1 Å². The van der Waals surface area contributed by atoms with E-state index in [1.54, 1.807) is 24.9 Å². The first-order valence-corrected chi connectivity index (χ1v) is 14.1. The predicted molar refractivity (Wildman–Crippen MR) is 145 cm³/mol. The topological polar surface area (TPSA) is 36.0 Å². The van der Waals surface area contributed by atoms with Crippen molar-refractivity contribution in [2.75, 3.05) is 39.9 Å². The van der Waals surface area contributed by atoms with Gasteiger partial charge in [0, 0.05) is 51.9 Å². The molecule has 5 rings (SSSR count). The molecule has 3 heterocycles. The van der Waals surface area contributed by atoms with Crippen molar-refractivity contribution in [3.05, 3.63) is 70.3 Å². The van der Waals surface area contributed by atoms with Crippen LogP contribution in [-0.4, -0.2) is 66.7 Å². The van der Waals surface area contributed by atoms with E-state index in [-0.39, 0.29) is 12.1 Å². The smallest absolute Gasteiger partial charge is 0.381 e. The average Bonchev–Trinajstić information content (AvgIpc) is 3.36. The quantitative estimate of drug-likeness (QED) is 0.436. The molecule has 0 aliphatic carbocycles. The van der Waals surface area contributed by atoms with Gasteiger partial charge in [0.05, 0.1) is 17.6 Å². The Labute approximate surface area is 229 Å². The Morgan fingerprint density at radius 3 is 2.46 bits per heavy atom. The molecule has 2 amide bonds. The molecule has 2 aromatic rings. The second-order valence-corrected chi connectivity index (χ2v) is 11.7. The van der Waals surface area contributed by atoms with Gasteiger partial charge < -0.3 is 14.5 Å². The average molecular weight is 544 g/mol. The monoisotopic (exact) mass is 543 g/mol. The first kappa shape index (κ1) is 28.0. The molecule has 8 heteroatoms. The van der Waals surface area contributed by atoms with Crippen LogP contribution in [0.15, 0.2) is 42.5 Å². The number of nitrogens with zero attached hydrogens (tertiary/aromatic N) is 3. The van der Waals surface area contributed by atoms with E-state index in [9.17, 15) is 18.0 Å². The molecule has 3 unspecified atom stereocenters. The molecule has 0 aromatic heterocycles. The van der Waals surface area contributed by atoms with Gasteiger partial charge in [0.25, 0.3) is 0 Å². The first-order valence-electron chi connectivity index (χ1n) is 14.1. The number of aryl methyl sites for hydroxylation is 2. The van der Waals surface area contributed by atoms with E-state index < -0.39 is 17.8 Å². The summed E-state index contributed by atoms with van der Waals surface area (Å²) in [4.78, 5) is 20.4. The number of benzene rings is 2. The summed E-state index contributed by atoms with van der Waals surface area (Å²) in [6, 6.07) is 12.2. The van der Waals surface area contributed by atoms with Gasteiger partial charge in [-0.3, -0.25) is 4.90 Å². The second kappa shape index (κ2) is 11.1. The summed E-state index contributed by atoms with van der Waals surface area (Å²) in [7, 11) is 1.71. The van der Waals surface area contributed by atoms with Crippen LogP contribution in [0.5, 0.6) is 0 Å². The van der Waals surface area contributed by atoms with Gasteiger partial charge in [0.15, 0.2) is 0 Å². The number of hydrogen-bond acceptors (Lipinski definition) is 3. The van der Waals surface area contributed by atoms with E-state index in [1.807, 2.05) is 24.0 Å². The Morgan fingerprint density at radius 1 is 1.05 bits per heavy atom. The minimum Gasteiger partial charge on any atom is -0.381 e. The van der Waals surface area contributed by atoms with Gasteiger partial charge in [-0.2, -0.15) is 13.2 Å². The normalized spacial score (nSPS) is 25.4. The summed E-state index contributed by atoms with van der Waals surface area (Å²) in [6.45, 7) is 9.82. The molecule has 212 valence electrons. The minimum absolute atomic E-state index is 0.0693. The van der Waals surface area contributed by atoms with Gasteiger partial charge >= 0.3 is 12.2 Å². The third-order valence-electron chi connectivity index (χ3n) is 9.25. The van der Waals surface area contributed by atoms with Gasteiger partial charge in [0.1, 0.15) is 0 Å². The summed E-state index contributed by atoms with van der Waals surface area (Å²) in [6.07, 6.45) is -1.40. The van der Waals surface area contributed by atoms with Gasteiger partial charge in [-0.15, -0.1) is 0 Å². The number of piperidine rings is 1. The van der Waals surface area contributed by atoms with E-state index in [2.05, 4.69) is 24.0 Å². The van der Waals surface area contributed by atoms with Gasteiger partial charge in [0.2, 0.25) is 0 Å². The molecule has 39 heavy (non-hydrogen) atoms. The summed E-state index contributed by atoms with van der Waals surface area (Å²) >= 11 is 0. The Morgan fingerprint density at radius 2 is 1.77 bits per heavy atom. The molecule has 3 aliphatic heterocycles. The lowest BCUT2D eigenvalue weighted by atomic mass is 9.78. The standard InChI is InChI=1S/C31H40F3N3O2/c1-20-15-24(17-25(16-20)31(32,33)34)22(3)35(4)30(38)37-12-9-23-18-36(26-10-13-39-14-11-26)19-28(23)29(37)27-8-6-5-7-21(27)2/h5-8,15-17,22-23,26,28-29H,9-14,18-19H2,1-4H3/t22?,23?,28-,29?/m1/s1. The lowest BCUT2D eigenvalue weighted by Crippen LogP contribution is -2.51. The zero-order valence-electron chi connectivity index (χ0n) is 23.4. The fourth-order valence-electron chi connectivity index (χ4n) is 6.96. The van der Waals surface area contributed by atoms with Crippen molar-refractivity contribution in [1.82, 2.24) is 14.7 Å². The van der Waals surface area contributed by atoms with Crippen LogP contribution in [0, 0.1) is 25.7 Å². The minimum atomic E-state index is -4.43. The maximum Gasteiger partial charge on any atom is 0.416 e. The van der Waals surface area contributed by atoms with Crippen LogP contribution in [0.4, 0.5) is 18.0 Å². The summed E-state index contributed by atoms with van der Waals surface area (Å²) in [5, 5.41) is 0. The number of rotatable bonds is 4. The number of amides is 2. The van der Waals surface area contributed by atoms with Crippen molar-refractivity contribution >= 4 is 6.03 Å². The SMILES string of the molecule is Cc1cc(C(C)N(C)C(=O)N2CCC3CN(C4CCOCC4)C[C@H]3C2c2ccccc2C)cc(C(F)(F)F)c1. The largest absolute Gasteiger partial charge is 0.416 e. The fraction of sp³-hybridized carbons (Fsp3) is 0.581. The lowest BCUT2D eigenvalue weighted by Gasteiger charge is -2.45. The van der Waals surface area contributed by atoms with Crippen LogP contribution >= 0.6 is 0 Å². The number of urea groups is 1. The molecule has 4 atom stereocenters. The van der Waals surface area contributed by atoms with Crippen molar-refractivity contribution in [2.24, 2.45) is 11.8 Å². The summed E-state index contributed by atoms with van der Waals surface area (Å²) in [5.41, 5.74) is 2.68. The highest BCUT2D eigenvalue weighted by Gasteiger charge is 2.48. The van der Waals surface area contributed by atoms with E-state index in [1.165, 1.54) is 11.6 Å². The Bertz CT molecular complexity index is 1180. The summed E-state index contributed by atoms with van der Waals surface area (Å²) in [5.74, 6) is 0.821. The Hall–Kier alpha value is -2.58. The van der Waals surface area contributed by atoms with Crippen molar-refractivity contribution in [2.45, 2.75) is 64.3 Å². The third kappa shape index (κ3) is 5.68. The highest BCUT2D eigenvalue weighted by atomic mass is 19.4. The van der Waals surface area contributed by atoms with Crippen LogP contribution in [0.3, 0.4) is 0 Å². The molecule has 0 spiro atoms.